The van der Waals surface area contributed by atoms with Gasteiger partial charge in [0.05, 0.1) is 6.61 Å². The lowest BCUT2D eigenvalue weighted by Crippen LogP contribution is -2.54. The number of rotatable bonds is 8. The number of hydrogen-bond acceptors (Lipinski definition) is 6. The van der Waals surface area contributed by atoms with E-state index in [0.29, 0.717) is 31.9 Å². The highest BCUT2D eigenvalue weighted by molar-refractivity contribution is 7.87. The molecule has 1 aromatic rings. The molecule has 2 aliphatic rings. The second-order valence-electron chi connectivity index (χ2n) is 6.94. The van der Waals surface area contributed by atoms with E-state index in [9.17, 15) is 13.2 Å². The second-order valence-corrected chi connectivity index (χ2v) is 8.64. The Morgan fingerprint density at radius 3 is 2.85 bits per heavy atom. The van der Waals surface area contributed by atoms with Crippen LogP contribution in [0, 0.1) is 0 Å². The van der Waals surface area contributed by atoms with Gasteiger partial charge in [0.2, 0.25) is 0 Å². The molecule has 0 spiro atoms. The number of nitrogens with one attached hydrogen (secondary N) is 2. The average Bonchev–Trinajstić information content (AvgIpc) is 3.31. The maximum atomic E-state index is 12.3. The molecule has 0 radical (unpaired) electrons. The van der Waals surface area contributed by atoms with Crippen LogP contribution in [0.5, 0.6) is 0 Å². The molecule has 146 valence electrons. The first-order valence-corrected chi connectivity index (χ1v) is 10.4. The number of methoxy groups -OCH3 is 1. The zero-order chi connectivity index (χ0) is 18.7. The zero-order valence-electron chi connectivity index (χ0n) is 15.1. The van der Waals surface area contributed by atoms with Crippen molar-refractivity contribution in [1.29, 1.82) is 0 Å². The molecule has 1 amide bonds. The van der Waals surface area contributed by atoms with Gasteiger partial charge >= 0.3 is 0 Å². The first kappa shape index (κ1) is 19.3. The molecule has 3 rings (SSSR count). The molecule has 1 aliphatic heterocycles. The van der Waals surface area contributed by atoms with Gasteiger partial charge in [-0.25, -0.2) is 0 Å². The van der Waals surface area contributed by atoms with E-state index >= 15 is 0 Å². The number of carbonyl (C=O) groups is 1. The fraction of sp³-hybridized carbons (Fsp3) is 0.750. The Kier molecular flexibility index (Phi) is 5.96. The second kappa shape index (κ2) is 8.03. The maximum absolute atomic E-state index is 12.3. The summed E-state index contributed by atoms with van der Waals surface area (Å²) in [6.45, 7) is 2.74. The summed E-state index contributed by atoms with van der Waals surface area (Å²) in [5.74, 6) is 0.905. The summed E-state index contributed by atoms with van der Waals surface area (Å²) in [5, 5.41) is 6.78. The minimum absolute atomic E-state index is 0.0935. The molecule has 2 fully saturated rings. The Hall–Kier alpha value is -1.49. The van der Waals surface area contributed by atoms with Crippen molar-refractivity contribution < 1.29 is 22.5 Å². The van der Waals surface area contributed by atoms with Crippen LogP contribution < -0.4 is 10.0 Å². The van der Waals surface area contributed by atoms with E-state index in [1.54, 1.807) is 6.07 Å². The van der Waals surface area contributed by atoms with Gasteiger partial charge in [-0.1, -0.05) is 5.16 Å². The third-order valence-corrected chi connectivity index (χ3v) is 6.52. The van der Waals surface area contributed by atoms with Crippen molar-refractivity contribution in [3.63, 3.8) is 0 Å². The SMILES string of the molecule is COCCNS(=O)(=O)N1CC[C@@H](NC(=O)c2cc(C3CC3)on2)C[C@@H]1C. The predicted molar refractivity (Wildman–Crippen MR) is 93.9 cm³/mol. The molecule has 26 heavy (non-hydrogen) atoms. The van der Waals surface area contributed by atoms with Gasteiger partial charge in [-0.3, -0.25) is 4.79 Å². The van der Waals surface area contributed by atoms with E-state index in [4.69, 9.17) is 9.26 Å². The number of piperidine rings is 1. The van der Waals surface area contributed by atoms with Gasteiger partial charge in [0.15, 0.2) is 5.69 Å². The van der Waals surface area contributed by atoms with Crippen LogP contribution in [0.4, 0.5) is 0 Å². The summed E-state index contributed by atoms with van der Waals surface area (Å²) >= 11 is 0. The molecule has 2 heterocycles. The molecule has 1 saturated carbocycles. The van der Waals surface area contributed by atoms with Gasteiger partial charge < -0.3 is 14.6 Å². The van der Waals surface area contributed by atoms with Crippen LogP contribution in [-0.4, -0.2) is 62.7 Å². The Morgan fingerprint density at radius 1 is 1.42 bits per heavy atom. The molecular weight excluding hydrogens is 360 g/mol. The molecule has 9 nitrogen and oxygen atoms in total. The number of amides is 1. The van der Waals surface area contributed by atoms with Crippen LogP contribution in [-0.2, 0) is 14.9 Å². The van der Waals surface area contributed by atoms with E-state index in [0.717, 1.165) is 18.6 Å². The topological polar surface area (TPSA) is 114 Å². The summed E-state index contributed by atoms with van der Waals surface area (Å²) < 4.78 is 38.7. The van der Waals surface area contributed by atoms with Gasteiger partial charge in [-0.2, -0.15) is 17.4 Å². The molecule has 0 bridgehead atoms. The smallest absolute Gasteiger partial charge is 0.279 e. The van der Waals surface area contributed by atoms with Crippen molar-refractivity contribution >= 4 is 16.1 Å². The molecule has 10 heteroatoms. The lowest BCUT2D eigenvalue weighted by molar-refractivity contribution is 0.0905. The van der Waals surface area contributed by atoms with Crippen molar-refractivity contribution in [3.8, 4) is 0 Å². The predicted octanol–water partition coefficient (Wildman–Crippen LogP) is 0.616. The summed E-state index contributed by atoms with van der Waals surface area (Å²) in [7, 11) is -2.02. The highest BCUT2D eigenvalue weighted by Gasteiger charge is 2.34. The number of carbonyl (C=O) groups excluding carboxylic acids is 1. The molecule has 0 aromatic carbocycles. The molecule has 1 aromatic heterocycles. The van der Waals surface area contributed by atoms with Crippen molar-refractivity contribution in [3.05, 3.63) is 17.5 Å². The van der Waals surface area contributed by atoms with Crippen LogP contribution in [0.15, 0.2) is 10.6 Å². The van der Waals surface area contributed by atoms with Crippen LogP contribution in [0.1, 0.15) is 54.8 Å². The molecule has 1 aliphatic carbocycles. The van der Waals surface area contributed by atoms with E-state index < -0.39 is 10.2 Å². The normalized spacial score (nSPS) is 24.5. The Labute approximate surface area is 153 Å². The third-order valence-electron chi connectivity index (χ3n) is 4.79. The quantitative estimate of drug-likeness (QED) is 0.633. The van der Waals surface area contributed by atoms with Crippen LogP contribution in [0.25, 0.3) is 0 Å². The first-order valence-electron chi connectivity index (χ1n) is 8.93. The van der Waals surface area contributed by atoms with Gasteiger partial charge in [0.1, 0.15) is 5.76 Å². The summed E-state index contributed by atoms with van der Waals surface area (Å²) in [6, 6.07) is 1.40. The van der Waals surface area contributed by atoms with Gasteiger partial charge in [-0.15, -0.1) is 0 Å². The summed E-state index contributed by atoms with van der Waals surface area (Å²) in [4.78, 5) is 12.3. The van der Waals surface area contributed by atoms with E-state index in [-0.39, 0.29) is 30.2 Å². The van der Waals surface area contributed by atoms with Crippen molar-refractivity contribution in [2.45, 2.75) is 50.6 Å². The van der Waals surface area contributed by atoms with E-state index in [1.165, 1.54) is 11.4 Å². The van der Waals surface area contributed by atoms with Crippen molar-refractivity contribution in [2.24, 2.45) is 0 Å². The Bertz CT molecular complexity index is 731. The molecule has 0 unspecified atom stereocenters. The monoisotopic (exact) mass is 386 g/mol. The zero-order valence-corrected chi connectivity index (χ0v) is 15.9. The Balaban J connectivity index is 1.52. The van der Waals surface area contributed by atoms with Crippen LogP contribution >= 0.6 is 0 Å². The minimum Gasteiger partial charge on any atom is -0.383 e. The Morgan fingerprint density at radius 2 is 2.19 bits per heavy atom. The largest absolute Gasteiger partial charge is 0.383 e. The average molecular weight is 386 g/mol. The first-order chi connectivity index (χ1) is 12.4. The van der Waals surface area contributed by atoms with Gasteiger partial charge in [-0.05, 0) is 32.6 Å². The molecule has 2 N–H and O–H groups in total. The lowest BCUT2D eigenvalue weighted by Gasteiger charge is -2.36. The van der Waals surface area contributed by atoms with E-state index in [2.05, 4.69) is 15.2 Å². The minimum atomic E-state index is -3.54. The fourth-order valence-corrected chi connectivity index (χ4v) is 4.62. The van der Waals surface area contributed by atoms with Gasteiger partial charge in [0, 0.05) is 44.3 Å². The number of nitrogens with zero attached hydrogens (tertiary/aromatic N) is 2. The van der Waals surface area contributed by atoms with E-state index in [1.807, 2.05) is 6.92 Å². The van der Waals surface area contributed by atoms with Gasteiger partial charge in [0.25, 0.3) is 16.1 Å². The highest BCUT2D eigenvalue weighted by atomic mass is 32.2. The highest BCUT2D eigenvalue weighted by Crippen LogP contribution is 2.40. The number of ether oxygens (including phenoxy) is 1. The summed E-state index contributed by atoms with van der Waals surface area (Å²) in [5.41, 5.74) is 0.288. The maximum Gasteiger partial charge on any atom is 0.279 e. The van der Waals surface area contributed by atoms with Crippen molar-refractivity contribution in [1.82, 2.24) is 19.5 Å². The van der Waals surface area contributed by atoms with Crippen molar-refractivity contribution in [2.75, 3.05) is 26.8 Å². The molecular formula is C16H26N4O5S. The number of aromatic nitrogens is 1. The summed E-state index contributed by atoms with van der Waals surface area (Å²) in [6.07, 6.45) is 3.26. The van der Waals surface area contributed by atoms with Crippen LogP contribution in [0.3, 0.4) is 0 Å². The lowest BCUT2D eigenvalue weighted by atomic mass is 10.0. The fourth-order valence-electron chi connectivity index (χ4n) is 3.21. The van der Waals surface area contributed by atoms with Crippen LogP contribution in [0.2, 0.25) is 0 Å². The molecule has 1 saturated heterocycles. The number of hydrogen-bond donors (Lipinski definition) is 2. The standard InChI is InChI=1S/C16H26N4O5S/c1-11-9-13(5-7-20(11)26(22,23)17-6-8-24-2)18-16(21)14-10-15(25-19-14)12-3-4-12/h10-13,17H,3-9H2,1-2H3,(H,18,21)/t11-,13+/m0/s1. The molecule has 2 atom stereocenters. The third kappa shape index (κ3) is 4.61.